The van der Waals surface area contributed by atoms with Crippen LogP contribution in [0.2, 0.25) is 0 Å². The van der Waals surface area contributed by atoms with Gasteiger partial charge in [-0.05, 0) is 34.4 Å². The SMILES string of the molecule is Cn1c2ccccc2c2c3ccc4ccccc4c3c3c4ccccc4oc3c21.N=C(c1ccccc1)c1ccccc1N. The quantitative estimate of drug-likeness (QED) is 0.124. The van der Waals surface area contributed by atoms with Crippen molar-refractivity contribution in [3.8, 4) is 0 Å². The number of furan rings is 1. The van der Waals surface area contributed by atoms with E-state index in [2.05, 4.69) is 90.5 Å². The Morgan fingerprint density at radius 1 is 0.591 bits per heavy atom. The summed E-state index contributed by atoms with van der Waals surface area (Å²) >= 11 is 0. The van der Waals surface area contributed by atoms with Crippen molar-refractivity contribution in [2.45, 2.75) is 0 Å². The highest BCUT2D eigenvalue weighted by Gasteiger charge is 2.21. The number of fused-ring (bicyclic) bond motifs is 12. The smallest absolute Gasteiger partial charge is 0.160 e. The minimum atomic E-state index is 0.466. The van der Waals surface area contributed by atoms with Crippen LogP contribution in [0.4, 0.5) is 5.69 Å². The predicted octanol–water partition coefficient (Wildman–Crippen LogP) is 10.2. The van der Waals surface area contributed by atoms with Crippen LogP contribution in [0.15, 0.2) is 144 Å². The average molecular weight is 568 g/mol. The summed E-state index contributed by atoms with van der Waals surface area (Å²) in [5, 5.41) is 18.1. The van der Waals surface area contributed by atoms with Gasteiger partial charge >= 0.3 is 0 Å². The van der Waals surface area contributed by atoms with E-state index in [0.717, 1.165) is 22.3 Å². The molecule has 210 valence electrons. The Morgan fingerprint density at radius 3 is 2.07 bits per heavy atom. The Balaban J connectivity index is 0.000000163. The number of nitrogen functional groups attached to an aromatic ring is 1. The molecule has 0 saturated carbocycles. The maximum absolute atomic E-state index is 8.03. The van der Waals surface area contributed by atoms with Gasteiger partial charge in [0.1, 0.15) is 5.58 Å². The van der Waals surface area contributed by atoms with Crippen LogP contribution in [-0.4, -0.2) is 10.3 Å². The molecule has 4 heteroatoms. The number of benzene rings is 7. The van der Waals surface area contributed by atoms with E-state index in [9.17, 15) is 0 Å². The zero-order chi connectivity index (χ0) is 29.8. The van der Waals surface area contributed by atoms with Gasteiger partial charge in [0.15, 0.2) is 5.58 Å². The van der Waals surface area contributed by atoms with Crippen molar-refractivity contribution in [2.24, 2.45) is 7.05 Å². The zero-order valence-electron chi connectivity index (χ0n) is 24.2. The number of nitrogens with one attached hydrogen (secondary N) is 1. The first-order valence-corrected chi connectivity index (χ1v) is 14.7. The molecule has 0 aliphatic rings. The van der Waals surface area contributed by atoms with Crippen molar-refractivity contribution in [1.82, 2.24) is 4.57 Å². The molecule has 0 fully saturated rings. The lowest BCUT2D eigenvalue weighted by molar-refractivity contribution is 0.670. The molecule has 44 heavy (non-hydrogen) atoms. The van der Waals surface area contributed by atoms with Gasteiger partial charge in [0.2, 0.25) is 0 Å². The molecule has 0 aliphatic carbocycles. The minimum absolute atomic E-state index is 0.466. The number of anilines is 1. The summed E-state index contributed by atoms with van der Waals surface area (Å²) in [7, 11) is 2.14. The maximum atomic E-state index is 8.03. The first-order valence-electron chi connectivity index (χ1n) is 14.7. The molecule has 0 spiro atoms. The van der Waals surface area contributed by atoms with Gasteiger partial charge in [-0.1, -0.05) is 121 Å². The summed E-state index contributed by atoms with van der Waals surface area (Å²) in [6.45, 7) is 0. The third kappa shape index (κ3) is 3.89. The highest BCUT2D eigenvalue weighted by Crippen LogP contribution is 2.46. The molecule has 4 nitrogen and oxygen atoms in total. The van der Waals surface area contributed by atoms with Crippen LogP contribution in [0.5, 0.6) is 0 Å². The van der Waals surface area contributed by atoms with E-state index in [-0.39, 0.29) is 0 Å². The van der Waals surface area contributed by atoms with Gasteiger partial charge in [-0.25, -0.2) is 0 Å². The molecule has 3 N–H and O–H groups in total. The lowest BCUT2D eigenvalue weighted by Crippen LogP contribution is -2.04. The number of nitrogens with zero attached hydrogens (tertiary/aromatic N) is 1. The number of hydrogen-bond donors (Lipinski definition) is 2. The van der Waals surface area contributed by atoms with E-state index in [4.69, 9.17) is 15.6 Å². The summed E-state index contributed by atoms with van der Waals surface area (Å²) < 4.78 is 8.79. The lowest BCUT2D eigenvalue weighted by Gasteiger charge is -2.09. The molecule has 9 rings (SSSR count). The monoisotopic (exact) mass is 567 g/mol. The highest BCUT2D eigenvalue weighted by atomic mass is 16.3. The van der Waals surface area contributed by atoms with Crippen LogP contribution in [0.3, 0.4) is 0 Å². The van der Waals surface area contributed by atoms with Gasteiger partial charge in [0, 0.05) is 56.3 Å². The second kappa shape index (κ2) is 10.1. The summed E-state index contributed by atoms with van der Waals surface area (Å²) in [5.74, 6) is 0. The normalized spacial score (nSPS) is 11.5. The second-order valence-corrected chi connectivity index (χ2v) is 11.1. The van der Waals surface area contributed by atoms with Crippen molar-refractivity contribution < 1.29 is 4.42 Å². The number of para-hydroxylation sites is 3. The fourth-order valence-corrected chi connectivity index (χ4v) is 6.63. The molecular weight excluding hydrogens is 538 g/mol. The van der Waals surface area contributed by atoms with Crippen molar-refractivity contribution in [3.63, 3.8) is 0 Å². The van der Waals surface area contributed by atoms with Crippen LogP contribution in [0.25, 0.3) is 65.3 Å². The highest BCUT2D eigenvalue weighted by molar-refractivity contribution is 6.38. The molecule has 0 unspecified atom stereocenters. The molecule has 7 aromatic carbocycles. The summed E-state index contributed by atoms with van der Waals surface area (Å²) in [6.07, 6.45) is 0. The van der Waals surface area contributed by atoms with Crippen molar-refractivity contribution >= 4 is 76.7 Å². The Bertz CT molecular complexity index is 2540. The number of rotatable bonds is 2. The van der Waals surface area contributed by atoms with Gasteiger partial charge in [-0.15, -0.1) is 0 Å². The molecular formula is C40H29N3O. The number of hydrogen-bond acceptors (Lipinski definition) is 3. The number of aromatic nitrogens is 1. The van der Waals surface area contributed by atoms with E-state index in [1.165, 1.54) is 54.1 Å². The van der Waals surface area contributed by atoms with Crippen molar-refractivity contribution in [3.05, 3.63) is 151 Å². The van der Waals surface area contributed by atoms with Crippen molar-refractivity contribution in [2.75, 3.05) is 5.73 Å². The first kappa shape index (κ1) is 25.8. The Kier molecular flexibility index (Phi) is 5.95. The van der Waals surface area contributed by atoms with E-state index >= 15 is 0 Å². The van der Waals surface area contributed by atoms with E-state index in [1.54, 1.807) is 0 Å². The fourth-order valence-electron chi connectivity index (χ4n) is 6.63. The van der Waals surface area contributed by atoms with Crippen LogP contribution < -0.4 is 5.73 Å². The molecule has 9 aromatic rings. The minimum Gasteiger partial charge on any atom is -0.454 e. The molecule has 2 aromatic heterocycles. The van der Waals surface area contributed by atoms with Crippen molar-refractivity contribution in [1.29, 1.82) is 5.41 Å². The second-order valence-electron chi connectivity index (χ2n) is 11.1. The Hall–Kier alpha value is -5.87. The molecule has 0 saturated heterocycles. The number of aryl methyl sites for hydroxylation is 1. The summed E-state index contributed by atoms with van der Waals surface area (Å²) in [5.41, 5.74) is 12.9. The fraction of sp³-hybridized carbons (Fsp3) is 0.0250. The Morgan fingerprint density at radius 2 is 1.25 bits per heavy atom. The average Bonchev–Trinajstić information content (AvgIpc) is 3.61. The van der Waals surface area contributed by atoms with Crippen LogP contribution in [0, 0.1) is 5.41 Å². The van der Waals surface area contributed by atoms with Gasteiger partial charge in [0.05, 0.1) is 11.2 Å². The summed E-state index contributed by atoms with van der Waals surface area (Å²) in [6, 6.07) is 47.3. The topological polar surface area (TPSA) is 67.9 Å². The van der Waals surface area contributed by atoms with E-state index in [0.29, 0.717) is 11.4 Å². The first-order chi connectivity index (χ1) is 21.6. The lowest BCUT2D eigenvalue weighted by atomic mass is 9.94. The largest absolute Gasteiger partial charge is 0.454 e. The van der Waals surface area contributed by atoms with E-state index < -0.39 is 0 Å². The maximum Gasteiger partial charge on any atom is 0.160 e. The van der Waals surface area contributed by atoms with Crippen LogP contribution >= 0.6 is 0 Å². The van der Waals surface area contributed by atoms with Gasteiger partial charge < -0.3 is 14.7 Å². The molecule has 0 aliphatic heterocycles. The Labute approximate surface area is 254 Å². The standard InChI is InChI=1S/C27H17NO.C13H12N2/c1-28-21-12-6-4-10-18(21)24-20-15-14-16-8-2-3-9-17(16)23(20)25-19-11-5-7-13-22(19)29-27(25)26(24)28;14-12-9-5-4-8-11(12)13(15)10-6-2-1-3-7-10/h2-15H,1H3;1-9,15H,14H2. The number of nitrogens with two attached hydrogens (primary N) is 1. The molecule has 0 atom stereocenters. The van der Waals surface area contributed by atoms with Gasteiger partial charge in [-0.3, -0.25) is 5.41 Å². The van der Waals surface area contributed by atoms with Crippen LogP contribution in [-0.2, 0) is 7.05 Å². The predicted molar refractivity (Wildman–Crippen MR) is 186 cm³/mol. The van der Waals surface area contributed by atoms with Gasteiger partial charge in [-0.2, -0.15) is 0 Å². The third-order valence-electron chi connectivity index (χ3n) is 8.66. The van der Waals surface area contributed by atoms with E-state index in [1.807, 2.05) is 60.7 Å². The van der Waals surface area contributed by atoms with Gasteiger partial charge in [0.25, 0.3) is 0 Å². The summed E-state index contributed by atoms with van der Waals surface area (Å²) in [4.78, 5) is 0. The zero-order valence-corrected chi connectivity index (χ0v) is 24.2. The third-order valence-corrected chi connectivity index (χ3v) is 8.66. The molecule has 2 heterocycles. The molecule has 0 bridgehead atoms. The molecule has 0 amide bonds. The molecule has 0 radical (unpaired) electrons. The van der Waals surface area contributed by atoms with Crippen LogP contribution in [0.1, 0.15) is 11.1 Å².